The molecule has 6 nitrogen and oxygen atoms in total. The highest BCUT2D eigenvalue weighted by molar-refractivity contribution is 8.26. The Morgan fingerprint density at radius 1 is 1.06 bits per heavy atom. The van der Waals surface area contributed by atoms with Crippen molar-refractivity contribution in [2.45, 2.75) is 12.5 Å². The van der Waals surface area contributed by atoms with Gasteiger partial charge in [0.1, 0.15) is 4.32 Å². The standard InChI is InChI=1S/C23H19N3O3S3/c27-22-20(31-23(30)26(22)19-11-12-32(28,29)15-19)13-17-14-25(18-9-5-2-6-10-18)24-21(17)16-7-3-1-4-8-16/h1-10,13-14,19H,11-12,15H2/b20-13+/t19-/m0/s1. The fourth-order valence-electron chi connectivity index (χ4n) is 3.94. The van der Waals surface area contributed by atoms with Crippen molar-refractivity contribution in [1.82, 2.24) is 14.7 Å². The van der Waals surface area contributed by atoms with Crippen LogP contribution < -0.4 is 0 Å². The number of amides is 1. The molecule has 0 radical (unpaired) electrons. The number of sulfone groups is 1. The Labute approximate surface area is 195 Å². The number of para-hydroxylation sites is 1. The molecule has 3 heterocycles. The van der Waals surface area contributed by atoms with Crippen molar-refractivity contribution in [2.75, 3.05) is 11.5 Å². The minimum absolute atomic E-state index is 0.0338. The van der Waals surface area contributed by atoms with Crippen molar-refractivity contribution in [3.63, 3.8) is 0 Å². The third kappa shape index (κ3) is 4.03. The van der Waals surface area contributed by atoms with Crippen LogP contribution in [0.4, 0.5) is 0 Å². The van der Waals surface area contributed by atoms with E-state index in [9.17, 15) is 13.2 Å². The van der Waals surface area contributed by atoms with E-state index in [1.54, 1.807) is 10.8 Å². The summed E-state index contributed by atoms with van der Waals surface area (Å²) in [6.45, 7) is 0. The third-order valence-electron chi connectivity index (χ3n) is 5.49. The average Bonchev–Trinajstić information content (AvgIpc) is 3.45. The molecule has 9 heteroatoms. The smallest absolute Gasteiger partial charge is 0.266 e. The van der Waals surface area contributed by atoms with E-state index in [4.69, 9.17) is 17.3 Å². The molecule has 3 aromatic rings. The van der Waals surface area contributed by atoms with Gasteiger partial charge in [-0.25, -0.2) is 13.1 Å². The van der Waals surface area contributed by atoms with Crippen LogP contribution in [0.3, 0.4) is 0 Å². The Morgan fingerprint density at radius 2 is 1.75 bits per heavy atom. The van der Waals surface area contributed by atoms with Crippen LogP contribution in [-0.2, 0) is 14.6 Å². The molecule has 0 unspecified atom stereocenters. The quantitative estimate of drug-likeness (QED) is 0.415. The predicted octanol–water partition coefficient (Wildman–Crippen LogP) is 3.93. The van der Waals surface area contributed by atoms with Crippen LogP contribution in [0.1, 0.15) is 12.0 Å². The number of nitrogens with zero attached hydrogens (tertiary/aromatic N) is 3. The molecule has 5 rings (SSSR count). The highest BCUT2D eigenvalue weighted by Crippen LogP contribution is 2.37. The molecule has 0 saturated carbocycles. The van der Waals surface area contributed by atoms with E-state index in [-0.39, 0.29) is 23.5 Å². The van der Waals surface area contributed by atoms with E-state index in [0.717, 1.165) is 22.5 Å². The van der Waals surface area contributed by atoms with E-state index in [1.165, 1.54) is 16.7 Å². The van der Waals surface area contributed by atoms with Gasteiger partial charge in [-0.05, 0) is 24.6 Å². The van der Waals surface area contributed by atoms with Crippen LogP contribution >= 0.6 is 24.0 Å². The first-order valence-electron chi connectivity index (χ1n) is 10.1. The van der Waals surface area contributed by atoms with Gasteiger partial charge in [-0.3, -0.25) is 9.69 Å². The van der Waals surface area contributed by atoms with Crippen LogP contribution in [0.2, 0.25) is 0 Å². The number of carbonyl (C=O) groups excluding carboxylic acids is 1. The van der Waals surface area contributed by atoms with E-state index in [2.05, 4.69) is 0 Å². The van der Waals surface area contributed by atoms with Crippen molar-refractivity contribution in [1.29, 1.82) is 0 Å². The molecule has 0 spiro atoms. The van der Waals surface area contributed by atoms with Crippen molar-refractivity contribution < 1.29 is 13.2 Å². The topological polar surface area (TPSA) is 72.3 Å². The molecule has 0 N–H and O–H groups in total. The second-order valence-electron chi connectivity index (χ2n) is 7.69. The zero-order valence-corrected chi connectivity index (χ0v) is 19.4. The second kappa shape index (κ2) is 8.31. The van der Waals surface area contributed by atoms with Crippen molar-refractivity contribution in [3.8, 4) is 16.9 Å². The normalized spacial score (nSPS) is 21.6. The molecule has 0 aliphatic carbocycles. The number of aromatic nitrogens is 2. The highest BCUT2D eigenvalue weighted by Gasteiger charge is 2.42. The first-order valence-corrected chi connectivity index (χ1v) is 13.1. The maximum atomic E-state index is 13.2. The molecular formula is C23H19N3O3S3. The van der Waals surface area contributed by atoms with Gasteiger partial charge in [0.15, 0.2) is 9.84 Å². The monoisotopic (exact) mass is 481 g/mol. The summed E-state index contributed by atoms with van der Waals surface area (Å²) >= 11 is 6.65. The van der Waals surface area contributed by atoms with Gasteiger partial charge in [-0.1, -0.05) is 72.5 Å². The molecule has 2 aliphatic rings. The van der Waals surface area contributed by atoms with Crippen molar-refractivity contribution in [2.24, 2.45) is 0 Å². The lowest BCUT2D eigenvalue weighted by Crippen LogP contribution is -2.39. The summed E-state index contributed by atoms with van der Waals surface area (Å²) < 4.78 is 26.0. The first kappa shape index (κ1) is 21.1. The Hall–Kier alpha value is -2.75. The Balaban J connectivity index is 1.54. The van der Waals surface area contributed by atoms with Gasteiger partial charge < -0.3 is 0 Å². The molecule has 2 fully saturated rings. The van der Waals surface area contributed by atoms with E-state index in [0.29, 0.717) is 15.6 Å². The van der Waals surface area contributed by atoms with Gasteiger partial charge in [0.25, 0.3) is 5.91 Å². The third-order valence-corrected chi connectivity index (χ3v) is 8.57. The predicted molar refractivity (Wildman–Crippen MR) is 131 cm³/mol. The van der Waals surface area contributed by atoms with Crippen LogP contribution in [0.25, 0.3) is 23.0 Å². The van der Waals surface area contributed by atoms with Crippen LogP contribution in [0.15, 0.2) is 71.8 Å². The molecule has 2 aliphatic heterocycles. The number of hydrogen-bond acceptors (Lipinski definition) is 6. The summed E-state index contributed by atoms with van der Waals surface area (Å²) in [6.07, 6.45) is 4.12. The van der Waals surface area contributed by atoms with Crippen LogP contribution in [0.5, 0.6) is 0 Å². The summed E-state index contributed by atoms with van der Waals surface area (Å²) in [7, 11) is -3.12. The van der Waals surface area contributed by atoms with Crippen LogP contribution in [0, 0.1) is 0 Å². The fraction of sp³-hybridized carbons (Fsp3) is 0.174. The zero-order chi connectivity index (χ0) is 22.3. The zero-order valence-electron chi connectivity index (χ0n) is 16.9. The summed E-state index contributed by atoms with van der Waals surface area (Å²) in [4.78, 5) is 15.1. The number of thiocarbonyl (C=S) groups is 1. The molecule has 2 saturated heterocycles. The molecule has 2 aromatic carbocycles. The molecular weight excluding hydrogens is 462 g/mol. The minimum atomic E-state index is -3.12. The van der Waals surface area contributed by atoms with E-state index in [1.807, 2.05) is 66.9 Å². The lowest BCUT2D eigenvalue weighted by molar-refractivity contribution is -0.123. The van der Waals surface area contributed by atoms with Gasteiger partial charge in [0.05, 0.1) is 33.8 Å². The van der Waals surface area contributed by atoms with Crippen LogP contribution in [-0.4, -0.2) is 50.9 Å². The largest absolute Gasteiger partial charge is 0.289 e. The summed E-state index contributed by atoms with van der Waals surface area (Å²) in [5.41, 5.74) is 3.39. The Bertz CT molecular complexity index is 1330. The van der Waals surface area contributed by atoms with Gasteiger partial charge in [-0.15, -0.1) is 0 Å². The van der Waals surface area contributed by atoms with Gasteiger partial charge in [0.2, 0.25) is 0 Å². The fourth-order valence-corrected chi connectivity index (χ4v) is 7.03. The number of thioether (sulfide) groups is 1. The molecule has 162 valence electrons. The van der Waals surface area contributed by atoms with Crippen molar-refractivity contribution >= 4 is 50.1 Å². The number of carbonyl (C=O) groups is 1. The number of hydrogen-bond donors (Lipinski definition) is 0. The lowest BCUT2D eigenvalue weighted by Gasteiger charge is -2.20. The summed E-state index contributed by atoms with van der Waals surface area (Å²) in [5, 5.41) is 4.78. The Kier molecular flexibility index (Phi) is 5.48. The van der Waals surface area contributed by atoms with E-state index < -0.39 is 9.84 Å². The van der Waals surface area contributed by atoms with Gasteiger partial charge in [0, 0.05) is 17.3 Å². The molecule has 1 atom stereocenters. The maximum Gasteiger partial charge on any atom is 0.266 e. The van der Waals surface area contributed by atoms with Gasteiger partial charge in [-0.2, -0.15) is 5.10 Å². The van der Waals surface area contributed by atoms with Gasteiger partial charge >= 0.3 is 0 Å². The average molecular weight is 482 g/mol. The van der Waals surface area contributed by atoms with E-state index >= 15 is 0 Å². The maximum absolute atomic E-state index is 13.2. The molecule has 0 bridgehead atoms. The number of benzene rings is 2. The summed E-state index contributed by atoms with van der Waals surface area (Å²) in [5.74, 6) is -0.183. The molecule has 1 aromatic heterocycles. The highest BCUT2D eigenvalue weighted by atomic mass is 32.2. The van der Waals surface area contributed by atoms with Crippen molar-refractivity contribution in [3.05, 3.63) is 77.3 Å². The lowest BCUT2D eigenvalue weighted by atomic mass is 10.1. The SMILES string of the molecule is O=C1/C(=C\c2cn(-c3ccccc3)nc2-c2ccccc2)SC(=S)N1[C@H]1CCS(=O)(=O)C1. The molecule has 1 amide bonds. The summed E-state index contributed by atoms with van der Waals surface area (Å²) in [6, 6.07) is 19.2. The molecule has 32 heavy (non-hydrogen) atoms. The first-order chi connectivity index (χ1) is 15.4. The Morgan fingerprint density at radius 3 is 2.41 bits per heavy atom. The number of rotatable bonds is 4. The second-order valence-corrected chi connectivity index (χ2v) is 11.6. The minimum Gasteiger partial charge on any atom is -0.289 e.